The van der Waals surface area contributed by atoms with Gasteiger partial charge in [0.2, 0.25) is 0 Å². The Morgan fingerprint density at radius 1 is 0.857 bits per heavy atom. The maximum atomic E-state index is 5.65. The Bertz CT molecular complexity index is 1550. The molecule has 3 heterocycles. The van der Waals surface area contributed by atoms with Crippen molar-refractivity contribution in [2.45, 2.75) is 47.8 Å². The summed E-state index contributed by atoms with van der Waals surface area (Å²) in [5.41, 5.74) is 12.1. The molecule has 0 saturated carbocycles. The van der Waals surface area contributed by atoms with Gasteiger partial charge in [0.1, 0.15) is 11.4 Å². The first kappa shape index (κ1) is 23.1. The molecule has 6 heteroatoms. The van der Waals surface area contributed by atoms with E-state index in [2.05, 4.69) is 63.5 Å². The molecule has 0 spiro atoms. The second-order valence-electron chi connectivity index (χ2n) is 9.37. The molecule has 0 fully saturated rings. The second-order valence-corrected chi connectivity index (χ2v) is 9.37. The molecular formula is C29H32N4O2. The molecule has 2 aromatic carbocycles. The van der Waals surface area contributed by atoms with Crippen molar-refractivity contribution in [1.29, 1.82) is 0 Å². The van der Waals surface area contributed by atoms with Gasteiger partial charge in [0.15, 0.2) is 5.65 Å². The molecule has 0 aliphatic carbocycles. The van der Waals surface area contributed by atoms with E-state index in [0.29, 0.717) is 13.2 Å². The lowest BCUT2D eigenvalue weighted by Gasteiger charge is -2.14. The average molecular weight is 469 g/mol. The summed E-state index contributed by atoms with van der Waals surface area (Å²) in [5.74, 6) is 0.864. The van der Waals surface area contributed by atoms with Crippen LogP contribution >= 0.6 is 0 Å². The summed E-state index contributed by atoms with van der Waals surface area (Å²) >= 11 is 0. The van der Waals surface area contributed by atoms with Crippen molar-refractivity contribution in [2.24, 2.45) is 0 Å². The van der Waals surface area contributed by atoms with Gasteiger partial charge in [0.25, 0.3) is 0 Å². The SMILES string of the molecule is COCc1cc2c(C)nc3c(-c4c(C)cc(C)cc4C)c(C)nn3c2n1Cc1ccccc1OC. The number of para-hydroxylation sites is 1. The van der Waals surface area contributed by atoms with Gasteiger partial charge >= 0.3 is 0 Å². The third-order valence-corrected chi connectivity index (χ3v) is 6.79. The van der Waals surface area contributed by atoms with Crippen LogP contribution in [0.2, 0.25) is 0 Å². The normalized spacial score (nSPS) is 11.6. The highest BCUT2D eigenvalue weighted by Gasteiger charge is 2.23. The van der Waals surface area contributed by atoms with Crippen molar-refractivity contribution in [2.75, 3.05) is 14.2 Å². The first-order valence-electron chi connectivity index (χ1n) is 11.9. The summed E-state index contributed by atoms with van der Waals surface area (Å²) in [5, 5.41) is 6.12. The summed E-state index contributed by atoms with van der Waals surface area (Å²) in [4.78, 5) is 5.08. The van der Waals surface area contributed by atoms with Gasteiger partial charge < -0.3 is 14.0 Å². The number of ether oxygens (including phenoxy) is 2. The van der Waals surface area contributed by atoms with Gasteiger partial charge in [-0.3, -0.25) is 0 Å². The van der Waals surface area contributed by atoms with E-state index >= 15 is 0 Å². The van der Waals surface area contributed by atoms with Crippen LogP contribution in [0.1, 0.15) is 39.3 Å². The summed E-state index contributed by atoms with van der Waals surface area (Å²) < 4.78 is 15.5. The van der Waals surface area contributed by atoms with Crippen LogP contribution in [0.15, 0.2) is 42.5 Å². The molecule has 5 aromatic rings. The van der Waals surface area contributed by atoms with Gasteiger partial charge in [0, 0.05) is 23.8 Å². The number of nitrogens with zero attached hydrogens (tertiary/aromatic N) is 4. The molecule has 0 atom stereocenters. The zero-order valence-corrected chi connectivity index (χ0v) is 21.6. The fraction of sp³-hybridized carbons (Fsp3) is 0.310. The fourth-order valence-electron chi connectivity index (χ4n) is 5.39. The van der Waals surface area contributed by atoms with Crippen LogP contribution in [0.25, 0.3) is 27.8 Å². The number of aryl methyl sites for hydroxylation is 5. The van der Waals surface area contributed by atoms with Gasteiger partial charge in [-0.2, -0.15) is 9.61 Å². The van der Waals surface area contributed by atoms with Crippen molar-refractivity contribution >= 4 is 16.7 Å². The number of hydrogen-bond acceptors (Lipinski definition) is 4. The maximum absolute atomic E-state index is 5.65. The lowest BCUT2D eigenvalue weighted by molar-refractivity contribution is 0.178. The topological polar surface area (TPSA) is 53.6 Å². The standard InChI is InChI=1S/C29H32N4O2/c1-17-12-18(2)26(19(3)13-17)27-21(5)31-33-28(27)30-20(4)24-14-23(16-34-6)32(29(24)33)15-22-10-8-9-11-25(22)35-7/h8-14H,15-16H2,1-7H3. The predicted octanol–water partition coefficient (Wildman–Crippen LogP) is 6.10. The highest BCUT2D eigenvalue weighted by Crippen LogP contribution is 2.36. The van der Waals surface area contributed by atoms with Gasteiger partial charge in [-0.05, 0) is 63.4 Å². The molecule has 0 aliphatic rings. The quantitative estimate of drug-likeness (QED) is 0.302. The van der Waals surface area contributed by atoms with Gasteiger partial charge in [-0.1, -0.05) is 35.9 Å². The van der Waals surface area contributed by atoms with Crippen LogP contribution in [0, 0.1) is 34.6 Å². The molecule has 35 heavy (non-hydrogen) atoms. The van der Waals surface area contributed by atoms with Crippen LogP contribution in [-0.4, -0.2) is 33.4 Å². The second kappa shape index (κ2) is 8.86. The summed E-state index contributed by atoms with van der Waals surface area (Å²) in [6, 6.07) is 14.8. The highest BCUT2D eigenvalue weighted by atomic mass is 16.5. The van der Waals surface area contributed by atoms with Crippen molar-refractivity contribution in [3.8, 4) is 16.9 Å². The number of aromatic nitrogens is 4. The lowest BCUT2D eigenvalue weighted by Crippen LogP contribution is -2.09. The van der Waals surface area contributed by atoms with Crippen LogP contribution in [0.3, 0.4) is 0 Å². The largest absolute Gasteiger partial charge is 0.496 e. The van der Waals surface area contributed by atoms with Crippen LogP contribution in [0.4, 0.5) is 0 Å². The molecular weight excluding hydrogens is 436 g/mol. The van der Waals surface area contributed by atoms with Crippen LogP contribution in [0.5, 0.6) is 5.75 Å². The van der Waals surface area contributed by atoms with Crippen LogP contribution in [-0.2, 0) is 17.9 Å². The smallest absolute Gasteiger partial charge is 0.165 e. The molecule has 0 N–H and O–H groups in total. The Balaban J connectivity index is 1.84. The van der Waals surface area contributed by atoms with Crippen molar-refractivity contribution in [3.63, 3.8) is 0 Å². The first-order chi connectivity index (χ1) is 16.8. The number of benzene rings is 2. The predicted molar refractivity (Wildman–Crippen MR) is 140 cm³/mol. The Morgan fingerprint density at radius 3 is 2.26 bits per heavy atom. The van der Waals surface area contributed by atoms with E-state index in [4.69, 9.17) is 19.6 Å². The van der Waals surface area contributed by atoms with E-state index in [0.717, 1.165) is 50.6 Å². The molecule has 0 aliphatic heterocycles. The average Bonchev–Trinajstić information content (AvgIpc) is 3.32. The van der Waals surface area contributed by atoms with Gasteiger partial charge in [-0.15, -0.1) is 0 Å². The third kappa shape index (κ3) is 3.78. The van der Waals surface area contributed by atoms with E-state index in [9.17, 15) is 0 Å². The third-order valence-electron chi connectivity index (χ3n) is 6.79. The Labute approximate surface area is 206 Å². The molecule has 5 rings (SSSR count). The molecule has 0 unspecified atom stereocenters. The number of methoxy groups -OCH3 is 2. The molecule has 180 valence electrons. The highest BCUT2D eigenvalue weighted by molar-refractivity contribution is 5.90. The zero-order valence-electron chi connectivity index (χ0n) is 21.6. The monoisotopic (exact) mass is 468 g/mol. The minimum Gasteiger partial charge on any atom is -0.496 e. The van der Waals surface area contributed by atoms with Gasteiger partial charge in [-0.25, -0.2) is 4.98 Å². The molecule has 0 bridgehead atoms. The maximum Gasteiger partial charge on any atom is 0.165 e. The minimum atomic E-state index is 0.494. The number of rotatable bonds is 6. The van der Waals surface area contributed by atoms with E-state index in [1.807, 2.05) is 22.7 Å². The van der Waals surface area contributed by atoms with E-state index < -0.39 is 0 Å². The van der Waals surface area contributed by atoms with E-state index in [1.165, 1.54) is 22.3 Å². The van der Waals surface area contributed by atoms with Crippen molar-refractivity contribution in [3.05, 3.63) is 81.8 Å². The summed E-state index contributed by atoms with van der Waals surface area (Å²) in [6.07, 6.45) is 0. The Morgan fingerprint density at radius 2 is 1.57 bits per heavy atom. The summed E-state index contributed by atoms with van der Waals surface area (Å²) in [7, 11) is 3.44. The van der Waals surface area contributed by atoms with Gasteiger partial charge in [0.05, 0.1) is 37.2 Å². The van der Waals surface area contributed by atoms with Crippen LogP contribution < -0.4 is 4.74 Å². The molecule has 0 radical (unpaired) electrons. The summed E-state index contributed by atoms with van der Waals surface area (Å²) in [6.45, 7) is 11.8. The molecule has 0 amide bonds. The molecule has 3 aromatic heterocycles. The Hall–Kier alpha value is -3.64. The van der Waals surface area contributed by atoms with E-state index in [-0.39, 0.29) is 0 Å². The molecule has 0 saturated heterocycles. The number of hydrogen-bond donors (Lipinski definition) is 0. The number of fused-ring (bicyclic) bond motifs is 3. The zero-order chi connectivity index (χ0) is 24.9. The first-order valence-corrected chi connectivity index (χ1v) is 11.9. The Kier molecular flexibility index (Phi) is 5.85. The van der Waals surface area contributed by atoms with Crippen molar-refractivity contribution in [1.82, 2.24) is 19.2 Å². The van der Waals surface area contributed by atoms with Crippen molar-refractivity contribution < 1.29 is 9.47 Å². The fourth-order valence-corrected chi connectivity index (χ4v) is 5.39. The minimum absolute atomic E-state index is 0.494. The lowest BCUT2D eigenvalue weighted by atomic mass is 9.94. The molecule has 6 nitrogen and oxygen atoms in total. The van der Waals surface area contributed by atoms with E-state index in [1.54, 1.807) is 14.2 Å².